The van der Waals surface area contributed by atoms with Crippen molar-refractivity contribution in [2.24, 2.45) is 5.73 Å². The van der Waals surface area contributed by atoms with Gasteiger partial charge in [0.05, 0.1) is 5.69 Å². The van der Waals surface area contributed by atoms with Crippen LogP contribution in [0.5, 0.6) is 0 Å². The summed E-state index contributed by atoms with van der Waals surface area (Å²) in [7, 11) is -3.61. The number of anilines is 1. The molecule has 2 rings (SSSR count). The minimum atomic E-state index is -3.61. The van der Waals surface area contributed by atoms with Crippen LogP contribution < -0.4 is 10.5 Å². The van der Waals surface area contributed by atoms with E-state index < -0.39 is 10.2 Å². The van der Waals surface area contributed by atoms with Gasteiger partial charge in [0, 0.05) is 22.6 Å². The van der Waals surface area contributed by atoms with Gasteiger partial charge in [-0.2, -0.15) is 12.7 Å². The third kappa shape index (κ3) is 3.94. The summed E-state index contributed by atoms with van der Waals surface area (Å²) in [5, 5.41) is 0. The van der Waals surface area contributed by atoms with Crippen LogP contribution in [0.25, 0.3) is 0 Å². The summed E-state index contributed by atoms with van der Waals surface area (Å²) in [6, 6.07) is 5.14. The molecule has 0 amide bonds. The third-order valence-electron chi connectivity index (χ3n) is 3.54. The standard InChI is InChI=1S/C13H18BrN3O2S2/c1-9-4-2-3-7-17(9)21(18,19)16-12-8-10(14)5-6-11(12)13(15)20/h5-6,8-9,16H,2-4,7H2,1H3,(H2,15,20). The van der Waals surface area contributed by atoms with E-state index in [1.54, 1.807) is 18.2 Å². The number of nitrogens with one attached hydrogen (secondary N) is 1. The zero-order chi connectivity index (χ0) is 15.6. The number of rotatable bonds is 4. The van der Waals surface area contributed by atoms with Gasteiger partial charge in [0.2, 0.25) is 0 Å². The highest BCUT2D eigenvalue weighted by molar-refractivity contribution is 9.10. The number of halogens is 1. The van der Waals surface area contributed by atoms with Gasteiger partial charge in [0.15, 0.2) is 0 Å². The molecule has 0 spiro atoms. The van der Waals surface area contributed by atoms with Crippen LogP contribution in [0.1, 0.15) is 31.7 Å². The average molecular weight is 392 g/mol. The van der Waals surface area contributed by atoms with Crippen molar-refractivity contribution in [3.63, 3.8) is 0 Å². The van der Waals surface area contributed by atoms with Crippen molar-refractivity contribution >= 4 is 49.0 Å². The topological polar surface area (TPSA) is 75.4 Å². The molecule has 1 aromatic rings. The zero-order valence-electron chi connectivity index (χ0n) is 11.7. The Morgan fingerprint density at radius 1 is 1.48 bits per heavy atom. The second-order valence-electron chi connectivity index (χ2n) is 5.12. The molecule has 3 N–H and O–H groups in total. The van der Waals surface area contributed by atoms with E-state index in [1.807, 2.05) is 6.92 Å². The Labute approximate surface area is 139 Å². The summed E-state index contributed by atoms with van der Waals surface area (Å²) in [6.45, 7) is 2.46. The molecule has 21 heavy (non-hydrogen) atoms. The lowest BCUT2D eigenvalue weighted by Crippen LogP contribution is -2.45. The van der Waals surface area contributed by atoms with Crippen LogP contribution >= 0.6 is 28.1 Å². The first-order chi connectivity index (χ1) is 9.81. The van der Waals surface area contributed by atoms with Crippen LogP contribution in [0.4, 0.5) is 5.69 Å². The highest BCUT2D eigenvalue weighted by Crippen LogP contribution is 2.26. The van der Waals surface area contributed by atoms with Gasteiger partial charge in [-0.1, -0.05) is 34.6 Å². The lowest BCUT2D eigenvalue weighted by Gasteiger charge is -2.32. The molecule has 1 unspecified atom stereocenters. The van der Waals surface area contributed by atoms with E-state index >= 15 is 0 Å². The molecule has 0 radical (unpaired) electrons. The predicted octanol–water partition coefficient (Wildman–Crippen LogP) is 2.61. The van der Waals surface area contributed by atoms with Crippen molar-refractivity contribution in [3.05, 3.63) is 28.2 Å². The fourth-order valence-corrected chi connectivity index (χ4v) is 4.49. The molecule has 0 aromatic heterocycles. The van der Waals surface area contributed by atoms with Crippen molar-refractivity contribution < 1.29 is 8.42 Å². The summed E-state index contributed by atoms with van der Waals surface area (Å²) in [5.74, 6) is 0. The predicted molar refractivity (Wildman–Crippen MR) is 92.6 cm³/mol. The minimum Gasteiger partial charge on any atom is -0.389 e. The Morgan fingerprint density at radius 3 is 2.81 bits per heavy atom. The number of thiocarbonyl (C=S) groups is 1. The van der Waals surface area contributed by atoms with Crippen molar-refractivity contribution in [2.45, 2.75) is 32.2 Å². The van der Waals surface area contributed by atoms with Crippen molar-refractivity contribution in [1.29, 1.82) is 0 Å². The molecule has 1 saturated heterocycles. The molecular formula is C13H18BrN3O2S2. The van der Waals surface area contributed by atoms with Gasteiger partial charge in [0.25, 0.3) is 0 Å². The summed E-state index contributed by atoms with van der Waals surface area (Å²) >= 11 is 8.30. The van der Waals surface area contributed by atoms with Crippen molar-refractivity contribution in [3.8, 4) is 0 Å². The molecular weight excluding hydrogens is 374 g/mol. The second kappa shape index (κ2) is 6.60. The minimum absolute atomic E-state index is 0.00307. The van der Waals surface area contributed by atoms with E-state index in [0.29, 0.717) is 17.8 Å². The fourth-order valence-electron chi connectivity index (χ4n) is 2.44. The maximum atomic E-state index is 12.6. The Morgan fingerprint density at radius 2 is 2.19 bits per heavy atom. The normalized spacial score (nSPS) is 20.2. The summed E-state index contributed by atoms with van der Waals surface area (Å²) < 4.78 is 30.0. The first kappa shape index (κ1) is 16.7. The average Bonchev–Trinajstić information content (AvgIpc) is 2.38. The molecule has 0 aliphatic carbocycles. The van der Waals surface area contributed by atoms with Gasteiger partial charge in [-0.25, -0.2) is 0 Å². The summed E-state index contributed by atoms with van der Waals surface area (Å²) in [4.78, 5) is 0.159. The number of piperidine rings is 1. The summed E-state index contributed by atoms with van der Waals surface area (Å²) in [5.41, 5.74) is 6.57. The van der Waals surface area contributed by atoms with E-state index in [0.717, 1.165) is 23.7 Å². The number of nitrogens with zero attached hydrogens (tertiary/aromatic N) is 1. The molecule has 0 saturated carbocycles. The van der Waals surface area contributed by atoms with E-state index in [4.69, 9.17) is 18.0 Å². The molecule has 116 valence electrons. The van der Waals surface area contributed by atoms with Gasteiger partial charge in [-0.05, 0) is 38.0 Å². The Kier molecular flexibility index (Phi) is 5.24. The van der Waals surface area contributed by atoms with Crippen LogP contribution in [0.3, 0.4) is 0 Å². The molecule has 8 heteroatoms. The van der Waals surface area contributed by atoms with Gasteiger partial charge in [-0.15, -0.1) is 0 Å². The van der Waals surface area contributed by atoms with Crippen LogP contribution in [-0.2, 0) is 10.2 Å². The van der Waals surface area contributed by atoms with Gasteiger partial charge in [0.1, 0.15) is 4.99 Å². The van der Waals surface area contributed by atoms with Crippen LogP contribution in [0.15, 0.2) is 22.7 Å². The molecule has 1 atom stereocenters. The maximum absolute atomic E-state index is 12.6. The maximum Gasteiger partial charge on any atom is 0.301 e. The van der Waals surface area contributed by atoms with Gasteiger partial charge in [-0.3, -0.25) is 4.72 Å². The largest absolute Gasteiger partial charge is 0.389 e. The Hall–Kier alpha value is -0.700. The van der Waals surface area contributed by atoms with Crippen LogP contribution in [-0.4, -0.2) is 30.3 Å². The second-order valence-corrected chi connectivity index (χ2v) is 8.10. The highest BCUT2D eigenvalue weighted by atomic mass is 79.9. The zero-order valence-corrected chi connectivity index (χ0v) is 14.9. The molecule has 1 aliphatic heterocycles. The van der Waals surface area contributed by atoms with E-state index in [2.05, 4.69) is 20.7 Å². The first-order valence-electron chi connectivity index (χ1n) is 6.70. The molecule has 1 fully saturated rings. The molecule has 1 heterocycles. The first-order valence-corrected chi connectivity index (χ1v) is 9.34. The third-order valence-corrected chi connectivity index (χ3v) is 5.89. The highest BCUT2D eigenvalue weighted by Gasteiger charge is 2.30. The molecule has 1 aliphatic rings. The monoisotopic (exact) mass is 391 g/mol. The number of hydrogen-bond acceptors (Lipinski definition) is 3. The summed E-state index contributed by atoms with van der Waals surface area (Å²) in [6.07, 6.45) is 2.82. The quantitative estimate of drug-likeness (QED) is 0.773. The Bertz CT molecular complexity index is 649. The van der Waals surface area contributed by atoms with Gasteiger partial charge >= 0.3 is 10.2 Å². The van der Waals surface area contributed by atoms with Crippen LogP contribution in [0, 0.1) is 0 Å². The van der Waals surface area contributed by atoms with Crippen molar-refractivity contribution in [2.75, 3.05) is 11.3 Å². The number of hydrogen-bond donors (Lipinski definition) is 2. The van der Waals surface area contributed by atoms with E-state index in [1.165, 1.54) is 4.31 Å². The molecule has 0 bridgehead atoms. The SMILES string of the molecule is CC1CCCCN1S(=O)(=O)Nc1cc(Br)ccc1C(N)=S. The lowest BCUT2D eigenvalue weighted by atomic mass is 10.1. The van der Waals surface area contributed by atoms with Gasteiger partial charge < -0.3 is 5.73 Å². The van der Waals surface area contributed by atoms with E-state index in [-0.39, 0.29) is 11.0 Å². The molecule has 1 aromatic carbocycles. The Balaban J connectivity index is 2.32. The lowest BCUT2D eigenvalue weighted by molar-refractivity contribution is 0.270. The number of nitrogens with two attached hydrogens (primary N) is 1. The van der Waals surface area contributed by atoms with Crippen LogP contribution in [0.2, 0.25) is 0 Å². The fraction of sp³-hybridized carbons (Fsp3) is 0.462. The smallest absolute Gasteiger partial charge is 0.301 e. The number of benzene rings is 1. The van der Waals surface area contributed by atoms with Crippen molar-refractivity contribution in [1.82, 2.24) is 4.31 Å². The molecule has 5 nitrogen and oxygen atoms in total. The van der Waals surface area contributed by atoms with E-state index in [9.17, 15) is 8.42 Å².